The van der Waals surface area contributed by atoms with Crippen molar-refractivity contribution in [2.45, 2.75) is 13.3 Å². The molecular formula is C5H8IrO2. The molecule has 0 heterocycles. The number of carbonyl (C=O) groups is 1. The summed E-state index contributed by atoms with van der Waals surface area (Å²) in [4.78, 5) is 9.67. The fourth-order valence-electron chi connectivity index (χ4n) is 0.219. The van der Waals surface area contributed by atoms with Gasteiger partial charge in [0.15, 0.2) is 0 Å². The minimum Gasteiger partial charge on any atom is -0.478 e. The van der Waals surface area contributed by atoms with Crippen LogP contribution in [0.1, 0.15) is 13.3 Å². The molecule has 0 aromatic rings. The summed E-state index contributed by atoms with van der Waals surface area (Å²) in [5, 5.41) is 7.96. The molecule has 0 atom stereocenters. The Balaban J connectivity index is 0. The van der Waals surface area contributed by atoms with Crippen LogP contribution in [-0.4, -0.2) is 11.1 Å². The molecule has 1 radical (unpaired) electrons. The van der Waals surface area contributed by atoms with Crippen molar-refractivity contribution in [2.75, 3.05) is 0 Å². The van der Waals surface area contributed by atoms with Gasteiger partial charge in [0.1, 0.15) is 0 Å². The zero-order valence-electron chi connectivity index (χ0n) is 4.55. The second-order valence-electron chi connectivity index (χ2n) is 1.15. The summed E-state index contributed by atoms with van der Waals surface area (Å²) in [5.74, 6) is -0.873. The summed E-state index contributed by atoms with van der Waals surface area (Å²) in [6, 6.07) is 0. The van der Waals surface area contributed by atoms with Crippen LogP contribution in [0.2, 0.25) is 0 Å². The zero-order chi connectivity index (χ0) is 5.70. The fourth-order valence-corrected chi connectivity index (χ4v) is 0.219. The van der Waals surface area contributed by atoms with Gasteiger partial charge in [-0.25, -0.2) is 4.79 Å². The maximum absolute atomic E-state index is 9.67. The first-order valence-electron chi connectivity index (χ1n) is 2.17. The van der Waals surface area contributed by atoms with Crippen molar-refractivity contribution in [3.8, 4) is 0 Å². The van der Waals surface area contributed by atoms with Crippen molar-refractivity contribution < 1.29 is 30.0 Å². The molecule has 49 valence electrons. The number of rotatable bonds is 2. The van der Waals surface area contributed by atoms with E-state index in [0.717, 1.165) is 12.5 Å². The third-order valence-electron chi connectivity index (χ3n) is 0.496. The Morgan fingerprint density at radius 3 is 2.38 bits per heavy atom. The monoisotopic (exact) mass is 293 g/mol. The second kappa shape index (κ2) is 6.86. The van der Waals surface area contributed by atoms with Gasteiger partial charge >= 0.3 is 5.97 Å². The molecular weight excluding hydrogens is 284 g/mol. The van der Waals surface area contributed by atoms with Crippen molar-refractivity contribution in [3.63, 3.8) is 0 Å². The molecule has 0 aromatic carbocycles. The predicted molar refractivity (Wildman–Crippen MR) is 27.1 cm³/mol. The van der Waals surface area contributed by atoms with Gasteiger partial charge < -0.3 is 5.11 Å². The summed E-state index contributed by atoms with van der Waals surface area (Å²) in [6.45, 7) is 1.89. The maximum atomic E-state index is 9.67. The van der Waals surface area contributed by atoms with E-state index in [4.69, 9.17) is 5.11 Å². The van der Waals surface area contributed by atoms with E-state index in [1.807, 2.05) is 6.92 Å². The van der Waals surface area contributed by atoms with Crippen molar-refractivity contribution in [1.29, 1.82) is 0 Å². The third kappa shape index (κ3) is 9.29. The molecule has 3 heteroatoms. The molecule has 1 N–H and O–H groups in total. The number of carboxylic acid groups (broad SMARTS) is 1. The van der Waals surface area contributed by atoms with Gasteiger partial charge in [0.05, 0.1) is 0 Å². The summed E-state index contributed by atoms with van der Waals surface area (Å²) in [5.41, 5.74) is 0. The molecule has 0 amide bonds. The zero-order valence-corrected chi connectivity index (χ0v) is 6.95. The molecule has 2 nitrogen and oxygen atoms in total. The predicted octanol–water partition coefficient (Wildman–Crippen LogP) is 1.03. The van der Waals surface area contributed by atoms with E-state index in [2.05, 4.69) is 0 Å². The van der Waals surface area contributed by atoms with Crippen molar-refractivity contribution >= 4 is 5.97 Å². The summed E-state index contributed by atoms with van der Waals surface area (Å²) in [6.07, 6.45) is 3.52. The molecule has 0 aromatic heterocycles. The summed E-state index contributed by atoms with van der Waals surface area (Å²) < 4.78 is 0. The first-order valence-corrected chi connectivity index (χ1v) is 2.17. The number of hydrogen-bond acceptors (Lipinski definition) is 1. The van der Waals surface area contributed by atoms with Crippen LogP contribution >= 0.6 is 0 Å². The summed E-state index contributed by atoms with van der Waals surface area (Å²) >= 11 is 0. The van der Waals surface area contributed by atoms with Crippen LogP contribution in [0.25, 0.3) is 0 Å². The van der Waals surface area contributed by atoms with Crippen LogP contribution in [0.15, 0.2) is 12.2 Å². The Morgan fingerprint density at radius 1 is 1.75 bits per heavy atom. The van der Waals surface area contributed by atoms with Crippen molar-refractivity contribution in [1.82, 2.24) is 0 Å². The fraction of sp³-hybridized carbons (Fsp3) is 0.400. The number of carboxylic acids is 1. The normalized spacial score (nSPS) is 8.62. The van der Waals surface area contributed by atoms with E-state index in [0.29, 0.717) is 0 Å². The maximum Gasteiger partial charge on any atom is 0.327 e. The molecule has 0 aliphatic rings. The quantitative estimate of drug-likeness (QED) is 0.772. The van der Waals surface area contributed by atoms with Crippen molar-refractivity contribution in [2.24, 2.45) is 0 Å². The van der Waals surface area contributed by atoms with Crippen LogP contribution in [0.4, 0.5) is 0 Å². The Labute approximate surface area is 61.9 Å². The summed E-state index contributed by atoms with van der Waals surface area (Å²) in [7, 11) is 0. The first kappa shape index (κ1) is 10.8. The molecule has 0 unspecified atom stereocenters. The van der Waals surface area contributed by atoms with Gasteiger partial charge in [0.25, 0.3) is 0 Å². The molecule has 0 saturated heterocycles. The van der Waals surface area contributed by atoms with Gasteiger partial charge in [-0.3, -0.25) is 0 Å². The minimum absolute atomic E-state index is 0. The first-order chi connectivity index (χ1) is 3.27. The average Bonchev–Trinajstić information content (AvgIpc) is 1.61. The van der Waals surface area contributed by atoms with E-state index in [1.54, 1.807) is 6.08 Å². The molecule has 0 fully saturated rings. The Morgan fingerprint density at radius 2 is 2.25 bits per heavy atom. The van der Waals surface area contributed by atoms with Gasteiger partial charge in [-0.05, 0) is 6.42 Å². The molecule has 0 spiro atoms. The minimum atomic E-state index is -0.873. The van der Waals surface area contributed by atoms with Crippen LogP contribution in [0.3, 0.4) is 0 Å². The Bertz CT molecular complexity index is 88.4. The SMILES string of the molecule is CCC=CC(=O)O.[Ir]. The van der Waals surface area contributed by atoms with Crippen LogP contribution in [-0.2, 0) is 24.9 Å². The van der Waals surface area contributed by atoms with E-state index >= 15 is 0 Å². The van der Waals surface area contributed by atoms with Gasteiger partial charge in [-0.1, -0.05) is 13.0 Å². The molecule has 0 aliphatic carbocycles. The van der Waals surface area contributed by atoms with Crippen molar-refractivity contribution in [3.05, 3.63) is 12.2 Å². The Hall–Kier alpha value is -0.141. The largest absolute Gasteiger partial charge is 0.478 e. The molecule has 0 rings (SSSR count). The van der Waals surface area contributed by atoms with Gasteiger partial charge in [-0.15, -0.1) is 0 Å². The van der Waals surface area contributed by atoms with Gasteiger partial charge in [0.2, 0.25) is 0 Å². The Kier molecular flexibility index (Phi) is 9.24. The van der Waals surface area contributed by atoms with Gasteiger partial charge in [0, 0.05) is 26.2 Å². The van der Waals surface area contributed by atoms with Gasteiger partial charge in [-0.2, -0.15) is 0 Å². The second-order valence-corrected chi connectivity index (χ2v) is 1.15. The third-order valence-corrected chi connectivity index (χ3v) is 0.496. The van der Waals surface area contributed by atoms with E-state index < -0.39 is 5.97 Å². The standard InChI is InChI=1S/C5H8O2.Ir/c1-2-3-4-5(6)7;/h3-4H,2H2,1H3,(H,6,7);. The van der Waals surface area contributed by atoms with E-state index in [1.165, 1.54) is 0 Å². The van der Waals surface area contributed by atoms with E-state index in [-0.39, 0.29) is 20.1 Å². The molecule has 0 saturated carbocycles. The average molecular weight is 292 g/mol. The molecule has 0 bridgehead atoms. The molecule has 8 heavy (non-hydrogen) atoms. The molecule has 0 aliphatic heterocycles. The smallest absolute Gasteiger partial charge is 0.327 e. The number of allylic oxidation sites excluding steroid dienone is 1. The van der Waals surface area contributed by atoms with Crippen LogP contribution in [0.5, 0.6) is 0 Å². The van der Waals surface area contributed by atoms with E-state index in [9.17, 15) is 4.79 Å². The number of aliphatic carboxylic acids is 1. The van der Waals surface area contributed by atoms with Crippen LogP contribution < -0.4 is 0 Å². The van der Waals surface area contributed by atoms with Crippen LogP contribution in [0, 0.1) is 0 Å². The topological polar surface area (TPSA) is 37.3 Å². The number of hydrogen-bond donors (Lipinski definition) is 1.